The maximum atomic E-state index is 13.2. The van der Waals surface area contributed by atoms with Crippen molar-refractivity contribution in [3.05, 3.63) is 71.8 Å². The molecule has 0 aliphatic heterocycles. The molecule has 39 heavy (non-hydrogen) atoms. The van der Waals surface area contributed by atoms with E-state index in [1.165, 1.54) is 0 Å². The molecule has 0 aliphatic rings. The molecule has 214 valence electrons. The summed E-state index contributed by atoms with van der Waals surface area (Å²) < 4.78 is 5.40. The maximum Gasteiger partial charge on any atom is 0.407 e. The number of carboxylic acid groups (broad SMARTS) is 1. The Hall–Kier alpha value is -3.43. The van der Waals surface area contributed by atoms with Crippen molar-refractivity contribution in [3.63, 3.8) is 0 Å². The minimum absolute atomic E-state index is 0.0276. The summed E-state index contributed by atoms with van der Waals surface area (Å²) in [6.45, 7) is 9.03. The fourth-order valence-electron chi connectivity index (χ4n) is 4.09. The number of hydrogen-bond acceptors (Lipinski definition) is 6. The number of carbonyl (C=O) groups excluding carboxylic acids is 2. The third-order valence-electron chi connectivity index (χ3n) is 5.96. The standard InChI is InChI=1S/C30H43N3O6/c1-20(2)16-25(28(36)37)32-27(35)24(18-22-14-10-7-11-15-22)31-19-26(34)23(17-21-12-8-6-9-13-21)33-29(38)39-30(3,4)5/h6-15,20,23-26,31,34H,16-19H2,1-5H3,(H,32,35)(H,33,38)(H,36,37)/t23?,24-,25-,26?/m0/s1. The van der Waals surface area contributed by atoms with E-state index in [4.69, 9.17) is 4.74 Å². The third kappa shape index (κ3) is 12.3. The van der Waals surface area contributed by atoms with Crippen LogP contribution in [-0.2, 0) is 27.2 Å². The zero-order valence-electron chi connectivity index (χ0n) is 23.5. The molecule has 2 aromatic rings. The van der Waals surface area contributed by atoms with Gasteiger partial charge in [0.05, 0.1) is 18.2 Å². The maximum absolute atomic E-state index is 13.2. The summed E-state index contributed by atoms with van der Waals surface area (Å²) in [5.41, 5.74) is 1.08. The summed E-state index contributed by atoms with van der Waals surface area (Å²) in [6, 6.07) is 16.2. The van der Waals surface area contributed by atoms with Crippen LogP contribution in [0.3, 0.4) is 0 Å². The summed E-state index contributed by atoms with van der Waals surface area (Å²) in [6.07, 6.45) is -0.806. The average molecular weight is 542 g/mol. The molecule has 9 heteroatoms. The summed E-state index contributed by atoms with van der Waals surface area (Å²) >= 11 is 0. The van der Waals surface area contributed by atoms with Gasteiger partial charge in [-0.15, -0.1) is 0 Å². The minimum Gasteiger partial charge on any atom is -0.480 e. The van der Waals surface area contributed by atoms with Crippen LogP contribution in [-0.4, -0.2) is 64.6 Å². The Labute approximate surface area is 231 Å². The van der Waals surface area contributed by atoms with Crippen molar-refractivity contribution >= 4 is 18.0 Å². The van der Waals surface area contributed by atoms with E-state index >= 15 is 0 Å². The van der Waals surface area contributed by atoms with Gasteiger partial charge in [0.1, 0.15) is 11.6 Å². The average Bonchev–Trinajstić information content (AvgIpc) is 2.85. The van der Waals surface area contributed by atoms with Crippen LogP contribution in [0.5, 0.6) is 0 Å². The number of benzene rings is 2. The minimum atomic E-state index is -1.10. The summed E-state index contributed by atoms with van der Waals surface area (Å²) in [4.78, 5) is 37.5. The third-order valence-corrected chi connectivity index (χ3v) is 5.96. The van der Waals surface area contributed by atoms with Crippen LogP contribution in [0.4, 0.5) is 4.79 Å². The second-order valence-corrected chi connectivity index (χ2v) is 11.2. The molecule has 2 unspecified atom stereocenters. The molecule has 2 rings (SSSR count). The van der Waals surface area contributed by atoms with Gasteiger partial charge in [-0.05, 0) is 57.1 Å². The highest BCUT2D eigenvalue weighted by Gasteiger charge is 2.29. The summed E-state index contributed by atoms with van der Waals surface area (Å²) in [5.74, 6) is -1.50. The number of amides is 2. The first-order chi connectivity index (χ1) is 18.3. The number of alkyl carbamates (subject to hydrolysis) is 1. The molecule has 0 spiro atoms. The number of carboxylic acids is 1. The van der Waals surface area contributed by atoms with Crippen LogP contribution in [0, 0.1) is 5.92 Å². The normalized spacial score (nSPS) is 14.6. The lowest BCUT2D eigenvalue weighted by Crippen LogP contribution is -2.55. The van der Waals surface area contributed by atoms with E-state index < -0.39 is 47.8 Å². The van der Waals surface area contributed by atoms with E-state index in [0.29, 0.717) is 12.8 Å². The predicted octanol–water partition coefficient (Wildman–Crippen LogP) is 3.30. The van der Waals surface area contributed by atoms with Gasteiger partial charge in [-0.3, -0.25) is 4.79 Å². The Morgan fingerprint density at radius 3 is 1.87 bits per heavy atom. The second kappa shape index (κ2) is 15.2. The Morgan fingerprint density at radius 2 is 1.38 bits per heavy atom. The Kier molecular flexibility index (Phi) is 12.4. The number of aliphatic hydroxyl groups excluding tert-OH is 1. The lowest BCUT2D eigenvalue weighted by atomic mass is 9.99. The largest absolute Gasteiger partial charge is 0.480 e. The van der Waals surface area contributed by atoms with Gasteiger partial charge < -0.3 is 30.9 Å². The van der Waals surface area contributed by atoms with E-state index in [9.17, 15) is 24.6 Å². The summed E-state index contributed by atoms with van der Waals surface area (Å²) in [7, 11) is 0. The molecule has 2 aromatic carbocycles. The molecule has 0 aliphatic carbocycles. The first-order valence-corrected chi connectivity index (χ1v) is 13.4. The highest BCUT2D eigenvalue weighted by atomic mass is 16.6. The van der Waals surface area contributed by atoms with Crippen LogP contribution in [0.25, 0.3) is 0 Å². The Morgan fingerprint density at radius 1 is 0.846 bits per heavy atom. The molecule has 9 nitrogen and oxygen atoms in total. The number of aliphatic carboxylic acids is 1. The van der Waals surface area contributed by atoms with Crippen LogP contribution in [0.15, 0.2) is 60.7 Å². The zero-order valence-corrected chi connectivity index (χ0v) is 23.5. The van der Waals surface area contributed by atoms with Crippen LogP contribution >= 0.6 is 0 Å². The number of rotatable bonds is 14. The van der Waals surface area contributed by atoms with Gasteiger partial charge in [0.15, 0.2) is 0 Å². The van der Waals surface area contributed by atoms with E-state index in [2.05, 4.69) is 16.0 Å². The van der Waals surface area contributed by atoms with Crippen molar-refractivity contribution in [2.45, 2.75) is 83.7 Å². The van der Waals surface area contributed by atoms with Crippen molar-refractivity contribution in [1.29, 1.82) is 0 Å². The Bertz CT molecular complexity index is 1040. The van der Waals surface area contributed by atoms with Gasteiger partial charge in [-0.2, -0.15) is 0 Å². The van der Waals surface area contributed by atoms with Gasteiger partial charge in [0, 0.05) is 6.54 Å². The number of aliphatic hydroxyl groups is 1. The molecule has 0 aromatic heterocycles. The first-order valence-electron chi connectivity index (χ1n) is 13.4. The lowest BCUT2D eigenvalue weighted by molar-refractivity contribution is -0.142. The molecular weight excluding hydrogens is 498 g/mol. The number of hydrogen-bond donors (Lipinski definition) is 5. The van der Waals surface area contributed by atoms with Crippen molar-refractivity contribution < 1.29 is 29.3 Å². The smallest absolute Gasteiger partial charge is 0.407 e. The molecule has 2 amide bonds. The quantitative estimate of drug-likeness (QED) is 0.247. The van der Waals surface area contributed by atoms with Crippen molar-refractivity contribution in [3.8, 4) is 0 Å². The predicted molar refractivity (Wildman–Crippen MR) is 150 cm³/mol. The number of carbonyl (C=O) groups is 3. The molecule has 0 saturated carbocycles. The van der Waals surface area contributed by atoms with Crippen LogP contribution in [0.2, 0.25) is 0 Å². The van der Waals surface area contributed by atoms with Crippen LogP contribution < -0.4 is 16.0 Å². The fourth-order valence-corrected chi connectivity index (χ4v) is 4.09. The topological polar surface area (TPSA) is 137 Å². The zero-order chi connectivity index (χ0) is 29.0. The van der Waals surface area contributed by atoms with E-state index in [-0.39, 0.29) is 18.9 Å². The van der Waals surface area contributed by atoms with Crippen LogP contribution in [0.1, 0.15) is 52.2 Å². The molecular formula is C30H43N3O6. The van der Waals surface area contributed by atoms with Gasteiger partial charge >= 0.3 is 12.1 Å². The van der Waals surface area contributed by atoms with Crippen molar-refractivity contribution in [2.24, 2.45) is 5.92 Å². The monoisotopic (exact) mass is 541 g/mol. The van der Waals surface area contributed by atoms with E-state index in [0.717, 1.165) is 11.1 Å². The fraction of sp³-hybridized carbons (Fsp3) is 0.500. The Balaban J connectivity index is 2.19. The molecule has 0 heterocycles. The molecule has 0 fully saturated rings. The highest BCUT2D eigenvalue weighted by Crippen LogP contribution is 2.12. The van der Waals surface area contributed by atoms with Gasteiger partial charge in [0.25, 0.3) is 0 Å². The molecule has 4 atom stereocenters. The molecule has 0 bridgehead atoms. The van der Waals surface area contributed by atoms with Crippen molar-refractivity contribution in [2.75, 3.05) is 6.54 Å². The lowest BCUT2D eigenvalue weighted by Gasteiger charge is -2.28. The first kappa shape index (κ1) is 31.8. The van der Waals surface area contributed by atoms with Gasteiger partial charge in [0.2, 0.25) is 5.91 Å². The second-order valence-electron chi connectivity index (χ2n) is 11.2. The van der Waals surface area contributed by atoms with Gasteiger partial charge in [-0.1, -0.05) is 74.5 Å². The van der Waals surface area contributed by atoms with Crippen molar-refractivity contribution in [1.82, 2.24) is 16.0 Å². The van der Waals surface area contributed by atoms with E-state index in [1.807, 2.05) is 74.5 Å². The molecule has 0 radical (unpaired) electrons. The molecule has 0 saturated heterocycles. The van der Waals surface area contributed by atoms with Gasteiger partial charge in [-0.25, -0.2) is 9.59 Å². The van der Waals surface area contributed by atoms with E-state index in [1.54, 1.807) is 20.8 Å². The summed E-state index contributed by atoms with van der Waals surface area (Å²) in [5, 5.41) is 29.3. The highest BCUT2D eigenvalue weighted by molar-refractivity contribution is 5.87. The number of nitrogens with one attached hydrogen (secondary N) is 3. The SMILES string of the molecule is CC(C)C[C@H](NC(=O)[C@H](Cc1ccccc1)NCC(O)C(Cc1ccccc1)NC(=O)OC(C)(C)C)C(=O)O. The molecule has 5 N–H and O–H groups in total. The number of ether oxygens (including phenoxy) is 1.